The maximum atomic E-state index is 5.59. The molecule has 2 rings (SSSR count). The molecule has 0 saturated carbocycles. The first-order valence-electron chi connectivity index (χ1n) is 7.32. The first-order chi connectivity index (χ1) is 9.56. The lowest BCUT2D eigenvalue weighted by atomic mass is 10.2. The number of nitrogens with zero attached hydrogens (tertiary/aromatic N) is 4. The van der Waals surface area contributed by atoms with Gasteiger partial charge < -0.3 is 15.2 Å². The highest BCUT2D eigenvalue weighted by Gasteiger charge is 2.27. The molecule has 112 valence electrons. The average molecular weight is 278 g/mol. The van der Waals surface area contributed by atoms with Crippen LogP contribution < -0.4 is 16.2 Å². The molecule has 1 fully saturated rings. The number of hydrazine groups is 1. The molecule has 1 atom stereocenters. The molecule has 20 heavy (non-hydrogen) atoms. The summed E-state index contributed by atoms with van der Waals surface area (Å²) in [6.07, 6.45) is 3.09. The van der Waals surface area contributed by atoms with E-state index in [0.717, 1.165) is 49.0 Å². The van der Waals surface area contributed by atoms with Crippen molar-refractivity contribution in [3.8, 4) is 0 Å². The second kappa shape index (κ2) is 6.37. The van der Waals surface area contributed by atoms with Crippen LogP contribution in [-0.4, -0.2) is 48.1 Å². The highest BCUT2D eigenvalue weighted by atomic mass is 15.3. The largest absolute Gasteiger partial charge is 0.355 e. The van der Waals surface area contributed by atoms with E-state index in [1.807, 2.05) is 6.92 Å². The van der Waals surface area contributed by atoms with E-state index in [1.54, 1.807) is 0 Å². The van der Waals surface area contributed by atoms with Gasteiger partial charge in [0.25, 0.3) is 0 Å². The van der Waals surface area contributed by atoms with Crippen LogP contribution in [0.4, 0.5) is 11.6 Å². The molecule has 2 heterocycles. The van der Waals surface area contributed by atoms with Crippen LogP contribution in [0.5, 0.6) is 0 Å². The van der Waals surface area contributed by atoms with Crippen molar-refractivity contribution in [3.63, 3.8) is 0 Å². The topological polar surface area (TPSA) is 70.3 Å². The first-order valence-corrected chi connectivity index (χ1v) is 7.32. The Morgan fingerprint density at radius 3 is 2.70 bits per heavy atom. The second-order valence-electron chi connectivity index (χ2n) is 5.68. The molecular formula is C14H26N6. The van der Waals surface area contributed by atoms with Gasteiger partial charge in [0.15, 0.2) is 0 Å². The van der Waals surface area contributed by atoms with Crippen molar-refractivity contribution in [3.05, 3.63) is 11.4 Å². The minimum atomic E-state index is 0.591. The van der Waals surface area contributed by atoms with Gasteiger partial charge in [-0.3, -0.25) is 0 Å². The Morgan fingerprint density at radius 1 is 1.40 bits per heavy atom. The van der Waals surface area contributed by atoms with Crippen LogP contribution in [0.15, 0.2) is 0 Å². The number of rotatable bonds is 5. The minimum Gasteiger partial charge on any atom is -0.355 e. The number of nitrogens with one attached hydrogen (secondary N) is 1. The summed E-state index contributed by atoms with van der Waals surface area (Å²) in [7, 11) is 4.27. The van der Waals surface area contributed by atoms with Crippen LogP contribution in [0.25, 0.3) is 0 Å². The predicted molar refractivity (Wildman–Crippen MR) is 82.9 cm³/mol. The molecule has 0 spiro atoms. The fourth-order valence-electron chi connectivity index (χ4n) is 2.69. The summed E-state index contributed by atoms with van der Waals surface area (Å²) in [6, 6.07) is 0.591. The molecule has 1 unspecified atom stereocenters. The van der Waals surface area contributed by atoms with E-state index in [4.69, 9.17) is 10.8 Å². The third kappa shape index (κ3) is 3.02. The average Bonchev–Trinajstić information content (AvgIpc) is 2.90. The van der Waals surface area contributed by atoms with Crippen molar-refractivity contribution in [1.29, 1.82) is 0 Å². The zero-order valence-corrected chi connectivity index (χ0v) is 13.0. The van der Waals surface area contributed by atoms with Crippen LogP contribution in [0.3, 0.4) is 0 Å². The van der Waals surface area contributed by atoms with E-state index < -0.39 is 0 Å². The van der Waals surface area contributed by atoms with E-state index in [2.05, 4.69) is 41.2 Å². The summed E-state index contributed by atoms with van der Waals surface area (Å²) in [5.41, 5.74) is 3.74. The standard InChI is InChI=1S/C14H26N6/c1-5-6-12-16-13(18-15)10(2)14(17-12)20-8-7-11(9-20)19(3)4/h11H,5-9,15H2,1-4H3,(H,16,17,18). The van der Waals surface area contributed by atoms with Gasteiger partial charge in [-0.25, -0.2) is 15.8 Å². The molecule has 6 heteroatoms. The lowest BCUT2D eigenvalue weighted by molar-refractivity contribution is 0.315. The zero-order valence-electron chi connectivity index (χ0n) is 13.0. The number of aromatic nitrogens is 2. The molecule has 1 aromatic heterocycles. The van der Waals surface area contributed by atoms with Crippen LogP contribution >= 0.6 is 0 Å². The quantitative estimate of drug-likeness (QED) is 0.622. The van der Waals surface area contributed by atoms with E-state index in [1.165, 1.54) is 6.42 Å². The molecule has 1 aliphatic rings. The molecule has 3 N–H and O–H groups in total. The highest BCUT2D eigenvalue weighted by molar-refractivity contribution is 5.58. The highest BCUT2D eigenvalue weighted by Crippen LogP contribution is 2.27. The third-order valence-electron chi connectivity index (χ3n) is 3.97. The number of nitrogen functional groups attached to an aromatic ring is 1. The maximum Gasteiger partial charge on any atom is 0.148 e. The summed E-state index contributed by atoms with van der Waals surface area (Å²) in [5, 5.41) is 0. The van der Waals surface area contributed by atoms with Gasteiger partial charge in [0.2, 0.25) is 0 Å². The van der Waals surface area contributed by atoms with Crippen molar-refractivity contribution in [2.75, 3.05) is 37.5 Å². The maximum absolute atomic E-state index is 5.59. The summed E-state index contributed by atoms with van der Waals surface area (Å²) in [4.78, 5) is 13.9. The number of hydrogen-bond acceptors (Lipinski definition) is 6. The van der Waals surface area contributed by atoms with Gasteiger partial charge in [0, 0.05) is 31.1 Å². The van der Waals surface area contributed by atoms with Gasteiger partial charge >= 0.3 is 0 Å². The molecule has 0 aromatic carbocycles. The smallest absolute Gasteiger partial charge is 0.148 e. The Labute approximate surface area is 121 Å². The molecule has 0 amide bonds. The van der Waals surface area contributed by atoms with Crippen molar-refractivity contribution in [1.82, 2.24) is 14.9 Å². The first kappa shape index (κ1) is 15.0. The SMILES string of the molecule is CCCc1nc(NN)c(C)c(N2CCC(N(C)C)C2)n1. The Bertz CT molecular complexity index is 459. The summed E-state index contributed by atoms with van der Waals surface area (Å²) < 4.78 is 0. The number of anilines is 2. The molecule has 0 radical (unpaired) electrons. The fraction of sp³-hybridized carbons (Fsp3) is 0.714. The minimum absolute atomic E-state index is 0.591. The van der Waals surface area contributed by atoms with Gasteiger partial charge in [-0.15, -0.1) is 0 Å². The molecule has 1 aliphatic heterocycles. The van der Waals surface area contributed by atoms with E-state index in [9.17, 15) is 0 Å². The van der Waals surface area contributed by atoms with Crippen LogP contribution in [-0.2, 0) is 6.42 Å². The van der Waals surface area contributed by atoms with Crippen molar-refractivity contribution >= 4 is 11.6 Å². The Balaban J connectivity index is 2.28. The van der Waals surface area contributed by atoms with Gasteiger partial charge in [-0.2, -0.15) is 0 Å². The molecule has 0 aliphatic carbocycles. The van der Waals surface area contributed by atoms with Crippen LogP contribution in [0, 0.1) is 6.92 Å². The fourth-order valence-corrected chi connectivity index (χ4v) is 2.69. The summed E-state index contributed by atoms with van der Waals surface area (Å²) in [6.45, 7) is 6.22. The van der Waals surface area contributed by atoms with Gasteiger partial charge in [0.1, 0.15) is 17.5 Å². The molecule has 1 saturated heterocycles. The van der Waals surface area contributed by atoms with Crippen LogP contribution in [0.1, 0.15) is 31.2 Å². The van der Waals surface area contributed by atoms with Gasteiger partial charge in [0.05, 0.1) is 0 Å². The van der Waals surface area contributed by atoms with Crippen molar-refractivity contribution in [2.45, 2.75) is 39.2 Å². The lowest BCUT2D eigenvalue weighted by Gasteiger charge is -2.23. The monoisotopic (exact) mass is 278 g/mol. The lowest BCUT2D eigenvalue weighted by Crippen LogP contribution is -2.32. The van der Waals surface area contributed by atoms with Gasteiger partial charge in [-0.05, 0) is 33.9 Å². The Hall–Kier alpha value is -1.40. The van der Waals surface area contributed by atoms with Crippen molar-refractivity contribution < 1.29 is 0 Å². The number of hydrogen-bond donors (Lipinski definition) is 2. The predicted octanol–water partition coefficient (Wildman–Crippen LogP) is 1.16. The Morgan fingerprint density at radius 2 is 2.15 bits per heavy atom. The van der Waals surface area contributed by atoms with E-state index in [0.29, 0.717) is 6.04 Å². The van der Waals surface area contributed by atoms with E-state index >= 15 is 0 Å². The number of nitrogens with two attached hydrogens (primary N) is 1. The molecular weight excluding hydrogens is 252 g/mol. The Kier molecular flexibility index (Phi) is 4.77. The zero-order chi connectivity index (χ0) is 14.7. The third-order valence-corrected chi connectivity index (χ3v) is 3.97. The van der Waals surface area contributed by atoms with Crippen LogP contribution in [0.2, 0.25) is 0 Å². The van der Waals surface area contributed by atoms with Crippen molar-refractivity contribution in [2.24, 2.45) is 5.84 Å². The number of aryl methyl sites for hydroxylation is 1. The summed E-state index contributed by atoms with van der Waals surface area (Å²) in [5.74, 6) is 8.23. The van der Waals surface area contributed by atoms with E-state index in [-0.39, 0.29) is 0 Å². The second-order valence-corrected chi connectivity index (χ2v) is 5.68. The molecule has 0 bridgehead atoms. The van der Waals surface area contributed by atoms with Gasteiger partial charge in [-0.1, -0.05) is 6.92 Å². The molecule has 1 aromatic rings. The molecule has 6 nitrogen and oxygen atoms in total. The summed E-state index contributed by atoms with van der Waals surface area (Å²) >= 11 is 0. The normalized spacial score (nSPS) is 18.9. The number of likely N-dealkylation sites (N-methyl/N-ethyl adjacent to an activating group) is 1.